The highest BCUT2D eigenvalue weighted by atomic mass is 32.1. The van der Waals surface area contributed by atoms with E-state index in [1.165, 1.54) is 4.88 Å². The molecule has 0 unspecified atom stereocenters. The maximum atomic E-state index is 12.2. The molecule has 2 amide bonds. The topological polar surface area (TPSA) is 109 Å². The predicted octanol–water partition coefficient (Wildman–Crippen LogP) is 2.17. The lowest BCUT2D eigenvalue weighted by atomic mass is 10.1. The molecule has 7 heteroatoms. The van der Waals surface area contributed by atoms with Crippen molar-refractivity contribution < 1.29 is 19.5 Å². The van der Waals surface area contributed by atoms with Crippen LogP contribution in [-0.4, -0.2) is 28.9 Å². The van der Waals surface area contributed by atoms with Crippen LogP contribution in [0, 0.1) is 6.92 Å². The van der Waals surface area contributed by atoms with E-state index in [0.29, 0.717) is 5.56 Å². The normalized spacial score (nSPS) is 11.7. The zero-order chi connectivity index (χ0) is 17.7. The molecule has 1 atom stereocenters. The fraction of sp³-hybridized carbons (Fsp3) is 0.235. The quantitative estimate of drug-likeness (QED) is 0.713. The lowest BCUT2D eigenvalue weighted by molar-refractivity contribution is -0.139. The van der Waals surface area contributed by atoms with Crippen LogP contribution in [-0.2, 0) is 9.59 Å². The Hall–Kier alpha value is -2.67. The largest absolute Gasteiger partial charge is 0.480 e. The highest BCUT2D eigenvalue weighted by molar-refractivity contribution is 7.15. The SMILES string of the molecule is Cc1ccc(-c2ccc(C(=O)N[C@@H](CCC(N)=O)C(=O)O)cc2)s1. The number of aliphatic carboxylic acids is 1. The number of nitrogens with one attached hydrogen (secondary N) is 1. The van der Waals surface area contributed by atoms with Gasteiger partial charge in [-0.05, 0) is 43.2 Å². The number of carbonyl (C=O) groups excluding carboxylic acids is 2. The average molecular weight is 346 g/mol. The summed E-state index contributed by atoms with van der Waals surface area (Å²) in [5.74, 6) is -2.30. The van der Waals surface area contributed by atoms with E-state index in [1.807, 2.05) is 31.2 Å². The van der Waals surface area contributed by atoms with Crippen molar-refractivity contribution in [1.82, 2.24) is 5.32 Å². The molecule has 4 N–H and O–H groups in total. The number of hydrogen-bond donors (Lipinski definition) is 3. The fourth-order valence-electron chi connectivity index (χ4n) is 2.16. The average Bonchev–Trinajstić information content (AvgIpc) is 2.97. The van der Waals surface area contributed by atoms with E-state index < -0.39 is 23.8 Å². The number of hydrogen-bond acceptors (Lipinski definition) is 4. The molecule has 126 valence electrons. The highest BCUT2D eigenvalue weighted by Gasteiger charge is 2.21. The predicted molar refractivity (Wildman–Crippen MR) is 91.8 cm³/mol. The van der Waals surface area contributed by atoms with Gasteiger partial charge in [-0.1, -0.05) is 12.1 Å². The van der Waals surface area contributed by atoms with Crippen molar-refractivity contribution in [2.75, 3.05) is 0 Å². The zero-order valence-electron chi connectivity index (χ0n) is 13.1. The van der Waals surface area contributed by atoms with Gasteiger partial charge in [-0.15, -0.1) is 11.3 Å². The molecule has 2 rings (SSSR count). The molecular formula is C17H18N2O4S. The third kappa shape index (κ3) is 4.66. The Balaban J connectivity index is 2.05. The number of carbonyl (C=O) groups is 3. The minimum absolute atomic E-state index is 0.0387. The zero-order valence-corrected chi connectivity index (χ0v) is 13.9. The Morgan fingerprint density at radius 2 is 1.83 bits per heavy atom. The van der Waals surface area contributed by atoms with Gasteiger partial charge in [0.15, 0.2) is 0 Å². The van der Waals surface area contributed by atoms with Crippen LogP contribution in [0.5, 0.6) is 0 Å². The van der Waals surface area contributed by atoms with Gasteiger partial charge in [0.25, 0.3) is 5.91 Å². The van der Waals surface area contributed by atoms with Gasteiger partial charge in [0, 0.05) is 21.7 Å². The number of thiophene rings is 1. The molecule has 2 aromatic rings. The fourth-order valence-corrected chi connectivity index (χ4v) is 3.03. The number of primary amides is 1. The molecule has 1 heterocycles. The van der Waals surface area contributed by atoms with Crippen LogP contribution >= 0.6 is 11.3 Å². The van der Waals surface area contributed by atoms with Crippen molar-refractivity contribution in [3.8, 4) is 10.4 Å². The van der Waals surface area contributed by atoms with Crippen molar-refractivity contribution >= 4 is 29.1 Å². The molecule has 0 saturated carbocycles. The molecule has 0 bridgehead atoms. The van der Waals surface area contributed by atoms with Crippen LogP contribution in [0.25, 0.3) is 10.4 Å². The van der Waals surface area contributed by atoms with Crippen molar-refractivity contribution in [2.45, 2.75) is 25.8 Å². The van der Waals surface area contributed by atoms with Gasteiger partial charge in [0.05, 0.1) is 0 Å². The highest BCUT2D eigenvalue weighted by Crippen LogP contribution is 2.27. The number of carboxylic acid groups (broad SMARTS) is 1. The lowest BCUT2D eigenvalue weighted by Gasteiger charge is -2.13. The van der Waals surface area contributed by atoms with Crippen LogP contribution in [0.4, 0.5) is 0 Å². The number of nitrogens with two attached hydrogens (primary N) is 1. The molecule has 0 aliphatic carbocycles. The van der Waals surface area contributed by atoms with Crippen molar-refractivity contribution in [3.63, 3.8) is 0 Å². The number of benzene rings is 1. The van der Waals surface area contributed by atoms with Gasteiger partial charge < -0.3 is 16.2 Å². The summed E-state index contributed by atoms with van der Waals surface area (Å²) in [6.45, 7) is 2.02. The molecule has 0 aliphatic rings. The first-order valence-corrected chi connectivity index (χ1v) is 8.17. The molecule has 0 aliphatic heterocycles. The molecule has 24 heavy (non-hydrogen) atoms. The first-order valence-electron chi connectivity index (χ1n) is 7.35. The minimum Gasteiger partial charge on any atom is -0.480 e. The van der Waals surface area contributed by atoms with Crippen LogP contribution in [0.1, 0.15) is 28.1 Å². The summed E-state index contributed by atoms with van der Waals surface area (Å²) in [5, 5.41) is 11.5. The molecule has 6 nitrogen and oxygen atoms in total. The van der Waals surface area contributed by atoms with Gasteiger partial charge in [-0.3, -0.25) is 9.59 Å². The summed E-state index contributed by atoms with van der Waals surface area (Å²) in [6.07, 6.45) is -0.142. The summed E-state index contributed by atoms with van der Waals surface area (Å²) in [4.78, 5) is 36.4. The number of carboxylic acids is 1. The molecule has 0 spiro atoms. The van der Waals surface area contributed by atoms with E-state index in [0.717, 1.165) is 10.4 Å². The Kier molecular flexibility index (Phi) is 5.70. The Labute approximate surface area is 143 Å². The molecule has 1 aromatic heterocycles. The summed E-state index contributed by atoms with van der Waals surface area (Å²) in [5.41, 5.74) is 6.37. The van der Waals surface area contributed by atoms with Gasteiger partial charge in [-0.2, -0.15) is 0 Å². The van der Waals surface area contributed by atoms with Crippen LogP contribution in [0.3, 0.4) is 0 Å². The van der Waals surface area contributed by atoms with E-state index in [4.69, 9.17) is 10.8 Å². The maximum Gasteiger partial charge on any atom is 0.326 e. The second kappa shape index (κ2) is 7.74. The Morgan fingerprint density at radius 3 is 2.33 bits per heavy atom. The van der Waals surface area contributed by atoms with E-state index in [9.17, 15) is 14.4 Å². The van der Waals surface area contributed by atoms with Crippen molar-refractivity contribution in [3.05, 3.63) is 46.8 Å². The van der Waals surface area contributed by atoms with Gasteiger partial charge in [-0.25, -0.2) is 4.79 Å². The first-order chi connectivity index (χ1) is 11.4. The van der Waals surface area contributed by atoms with Gasteiger partial charge in [0.2, 0.25) is 5.91 Å². The summed E-state index contributed by atoms with van der Waals surface area (Å²) in [7, 11) is 0. The molecule has 1 aromatic carbocycles. The van der Waals surface area contributed by atoms with E-state index in [1.54, 1.807) is 23.5 Å². The van der Waals surface area contributed by atoms with E-state index >= 15 is 0 Å². The maximum absolute atomic E-state index is 12.2. The molecular weight excluding hydrogens is 328 g/mol. The Morgan fingerprint density at radius 1 is 1.17 bits per heavy atom. The second-order valence-electron chi connectivity index (χ2n) is 5.36. The van der Waals surface area contributed by atoms with Crippen LogP contribution in [0.2, 0.25) is 0 Å². The summed E-state index contributed by atoms with van der Waals surface area (Å²) < 4.78 is 0. The molecule has 0 saturated heterocycles. The van der Waals surface area contributed by atoms with Crippen LogP contribution in [0.15, 0.2) is 36.4 Å². The smallest absolute Gasteiger partial charge is 0.326 e. The standard InChI is InChI=1S/C17H18N2O4S/c1-10-2-8-14(24-10)11-3-5-12(6-4-11)16(21)19-13(17(22)23)7-9-15(18)20/h2-6,8,13H,7,9H2,1H3,(H2,18,20)(H,19,21)(H,22,23)/t13-/m0/s1. The third-order valence-corrected chi connectivity index (χ3v) is 4.50. The van der Waals surface area contributed by atoms with Crippen LogP contribution < -0.4 is 11.1 Å². The van der Waals surface area contributed by atoms with Gasteiger partial charge >= 0.3 is 5.97 Å². The third-order valence-electron chi connectivity index (χ3n) is 3.45. The monoisotopic (exact) mass is 346 g/mol. The van der Waals surface area contributed by atoms with Gasteiger partial charge in [0.1, 0.15) is 6.04 Å². The van der Waals surface area contributed by atoms with E-state index in [-0.39, 0.29) is 12.8 Å². The molecule has 0 fully saturated rings. The minimum atomic E-state index is -1.20. The lowest BCUT2D eigenvalue weighted by Crippen LogP contribution is -2.41. The van der Waals surface area contributed by atoms with E-state index in [2.05, 4.69) is 5.32 Å². The first kappa shape index (κ1) is 17.7. The summed E-state index contributed by atoms with van der Waals surface area (Å²) >= 11 is 1.66. The second-order valence-corrected chi connectivity index (χ2v) is 6.64. The number of aryl methyl sites for hydroxylation is 1. The van der Waals surface area contributed by atoms with Crippen molar-refractivity contribution in [2.24, 2.45) is 5.73 Å². The molecule has 0 radical (unpaired) electrons. The Bertz CT molecular complexity index is 752. The van der Waals surface area contributed by atoms with Crippen molar-refractivity contribution in [1.29, 1.82) is 0 Å². The number of rotatable bonds is 7. The summed E-state index contributed by atoms with van der Waals surface area (Å²) in [6, 6.07) is 9.82. The number of amides is 2.